The van der Waals surface area contributed by atoms with E-state index >= 15 is 0 Å². The Morgan fingerprint density at radius 3 is 2.36 bits per heavy atom. The molecule has 0 aromatic heterocycles. The van der Waals surface area contributed by atoms with Crippen LogP contribution in [0.4, 0.5) is 8.78 Å². The zero-order valence-corrected chi connectivity index (χ0v) is 12.6. The third kappa shape index (κ3) is 4.36. The maximum absolute atomic E-state index is 13.4. The summed E-state index contributed by atoms with van der Waals surface area (Å²) in [5.41, 5.74) is 1.81. The lowest BCUT2D eigenvalue weighted by Gasteiger charge is -2.24. The summed E-state index contributed by atoms with van der Waals surface area (Å²) in [5, 5.41) is 12.5. The normalized spacial score (nSPS) is 13.8. The van der Waals surface area contributed by atoms with E-state index < -0.39 is 11.6 Å². The van der Waals surface area contributed by atoms with Crippen molar-refractivity contribution in [1.29, 1.82) is 0 Å². The van der Waals surface area contributed by atoms with Gasteiger partial charge >= 0.3 is 0 Å². The number of hydrogen-bond donors (Lipinski definition) is 2. The Balaban J connectivity index is 2.13. The van der Waals surface area contributed by atoms with Crippen molar-refractivity contribution >= 4 is 0 Å². The zero-order chi connectivity index (χ0) is 15.9. The monoisotopic (exact) mass is 305 g/mol. The summed E-state index contributed by atoms with van der Waals surface area (Å²) in [7, 11) is 0. The molecule has 0 radical (unpaired) electrons. The van der Waals surface area contributed by atoms with Gasteiger partial charge in [0.25, 0.3) is 0 Å². The van der Waals surface area contributed by atoms with Crippen LogP contribution < -0.4 is 5.32 Å². The van der Waals surface area contributed by atoms with Gasteiger partial charge in [0.15, 0.2) is 11.6 Å². The smallest absolute Gasteiger partial charge is 0.159 e. The Bertz CT molecular complexity index is 589. The Labute approximate surface area is 129 Å². The molecule has 0 saturated carbocycles. The van der Waals surface area contributed by atoms with E-state index in [2.05, 4.69) is 5.32 Å². The second kappa shape index (κ2) is 8.01. The first-order chi connectivity index (χ1) is 10.6. The number of aliphatic hydroxyl groups is 1. The molecule has 2 rings (SSSR count). The first-order valence-corrected chi connectivity index (χ1v) is 7.48. The minimum absolute atomic E-state index is 0.0523. The number of aliphatic hydroxyl groups excluding tert-OH is 1. The van der Waals surface area contributed by atoms with Gasteiger partial charge in [-0.05, 0) is 43.0 Å². The van der Waals surface area contributed by atoms with Crippen molar-refractivity contribution in [2.75, 3.05) is 6.61 Å². The predicted octanol–water partition coefficient (Wildman–Crippen LogP) is 4.13. The van der Waals surface area contributed by atoms with Crippen LogP contribution in [-0.4, -0.2) is 11.7 Å². The van der Waals surface area contributed by atoms with E-state index in [0.29, 0.717) is 12.0 Å². The molecule has 22 heavy (non-hydrogen) atoms. The van der Waals surface area contributed by atoms with Crippen LogP contribution in [0.15, 0.2) is 48.5 Å². The van der Waals surface area contributed by atoms with Crippen molar-refractivity contribution in [1.82, 2.24) is 5.32 Å². The molecule has 2 N–H and O–H groups in total. The lowest BCUT2D eigenvalue weighted by molar-refractivity contribution is 0.272. The van der Waals surface area contributed by atoms with Crippen LogP contribution in [0.2, 0.25) is 0 Å². The van der Waals surface area contributed by atoms with Gasteiger partial charge in [-0.2, -0.15) is 0 Å². The van der Waals surface area contributed by atoms with Gasteiger partial charge in [-0.25, -0.2) is 8.78 Å². The molecule has 0 fully saturated rings. The lowest BCUT2D eigenvalue weighted by Crippen LogP contribution is -2.25. The van der Waals surface area contributed by atoms with Gasteiger partial charge < -0.3 is 10.4 Å². The van der Waals surface area contributed by atoms with Crippen molar-refractivity contribution in [3.8, 4) is 0 Å². The summed E-state index contributed by atoms with van der Waals surface area (Å²) >= 11 is 0. The topological polar surface area (TPSA) is 32.3 Å². The zero-order valence-electron chi connectivity index (χ0n) is 12.6. The van der Waals surface area contributed by atoms with E-state index in [1.54, 1.807) is 6.07 Å². The second-order valence-electron chi connectivity index (χ2n) is 5.39. The molecule has 0 amide bonds. The maximum Gasteiger partial charge on any atom is 0.159 e. The van der Waals surface area contributed by atoms with Gasteiger partial charge in [0.1, 0.15) is 0 Å². The van der Waals surface area contributed by atoms with Gasteiger partial charge in [-0.15, -0.1) is 0 Å². The number of nitrogens with one attached hydrogen (secondary N) is 1. The summed E-state index contributed by atoms with van der Waals surface area (Å²) < 4.78 is 26.4. The summed E-state index contributed by atoms with van der Waals surface area (Å²) in [6.07, 6.45) is 1.45. The fraction of sp³-hybridized carbons (Fsp3) is 0.333. The Morgan fingerprint density at radius 1 is 1.00 bits per heavy atom. The molecule has 2 unspecified atom stereocenters. The number of halogens is 2. The molecule has 2 atom stereocenters. The molecule has 0 bridgehead atoms. The number of hydrogen-bond acceptors (Lipinski definition) is 2. The van der Waals surface area contributed by atoms with E-state index in [-0.39, 0.29) is 18.7 Å². The number of benzene rings is 2. The molecule has 0 aliphatic heterocycles. The highest BCUT2D eigenvalue weighted by Crippen LogP contribution is 2.24. The fourth-order valence-electron chi connectivity index (χ4n) is 2.51. The maximum atomic E-state index is 13.4. The van der Waals surface area contributed by atoms with E-state index in [0.717, 1.165) is 18.1 Å². The highest BCUT2D eigenvalue weighted by Gasteiger charge is 2.16. The summed E-state index contributed by atoms with van der Waals surface area (Å²) in [6, 6.07) is 13.8. The van der Waals surface area contributed by atoms with E-state index in [1.165, 1.54) is 6.07 Å². The van der Waals surface area contributed by atoms with Gasteiger partial charge in [-0.1, -0.05) is 36.4 Å². The van der Waals surface area contributed by atoms with Gasteiger partial charge in [-0.3, -0.25) is 0 Å². The van der Waals surface area contributed by atoms with Crippen LogP contribution in [0.5, 0.6) is 0 Å². The minimum atomic E-state index is -0.837. The van der Waals surface area contributed by atoms with Crippen LogP contribution in [0.25, 0.3) is 0 Å². The minimum Gasteiger partial charge on any atom is -0.396 e. The first-order valence-electron chi connectivity index (χ1n) is 7.48. The van der Waals surface area contributed by atoms with Crippen molar-refractivity contribution in [2.45, 2.75) is 31.8 Å². The Kier molecular flexibility index (Phi) is 6.04. The molecule has 2 aromatic rings. The second-order valence-corrected chi connectivity index (χ2v) is 5.39. The molecule has 4 heteroatoms. The average Bonchev–Trinajstić information content (AvgIpc) is 2.54. The Hall–Kier alpha value is -1.78. The summed E-state index contributed by atoms with van der Waals surface area (Å²) in [5.74, 6) is -1.67. The SMILES string of the molecule is CC(NC(CCCO)c1ccccc1)c1ccc(F)c(F)c1. The van der Waals surface area contributed by atoms with Crippen LogP contribution >= 0.6 is 0 Å². The van der Waals surface area contributed by atoms with Crippen LogP contribution in [0, 0.1) is 11.6 Å². The molecule has 0 saturated heterocycles. The van der Waals surface area contributed by atoms with E-state index in [1.807, 2.05) is 37.3 Å². The fourth-order valence-corrected chi connectivity index (χ4v) is 2.51. The van der Waals surface area contributed by atoms with Crippen molar-refractivity contribution < 1.29 is 13.9 Å². The number of rotatable bonds is 7. The first kappa shape index (κ1) is 16.6. The van der Waals surface area contributed by atoms with E-state index in [4.69, 9.17) is 5.11 Å². The highest BCUT2D eigenvalue weighted by atomic mass is 19.2. The molecule has 2 aromatic carbocycles. The van der Waals surface area contributed by atoms with Crippen molar-refractivity contribution in [3.05, 3.63) is 71.3 Å². The molecule has 0 aliphatic rings. The van der Waals surface area contributed by atoms with Crippen molar-refractivity contribution in [3.63, 3.8) is 0 Å². The lowest BCUT2D eigenvalue weighted by atomic mass is 9.99. The molecular weight excluding hydrogens is 284 g/mol. The third-order valence-corrected chi connectivity index (χ3v) is 3.75. The molecule has 0 aliphatic carbocycles. The van der Waals surface area contributed by atoms with Crippen LogP contribution in [0.1, 0.15) is 43.0 Å². The predicted molar refractivity (Wildman–Crippen MR) is 83.4 cm³/mol. The summed E-state index contributed by atoms with van der Waals surface area (Å²) in [4.78, 5) is 0. The quantitative estimate of drug-likeness (QED) is 0.806. The summed E-state index contributed by atoms with van der Waals surface area (Å²) in [6.45, 7) is 2.05. The standard InChI is InChI=1S/C18H21F2NO/c1-13(15-9-10-16(19)17(20)12-15)21-18(8-5-11-22)14-6-3-2-4-7-14/h2-4,6-7,9-10,12-13,18,21-22H,5,8,11H2,1H3. The molecule has 0 spiro atoms. The molecule has 2 nitrogen and oxygen atoms in total. The van der Waals surface area contributed by atoms with Gasteiger partial charge in [0, 0.05) is 18.7 Å². The van der Waals surface area contributed by atoms with E-state index in [9.17, 15) is 8.78 Å². The van der Waals surface area contributed by atoms with Crippen LogP contribution in [-0.2, 0) is 0 Å². The molecule has 118 valence electrons. The third-order valence-electron chi connectivity index (χ3n) is 3.75. The largest absolute Gasteiger partial charge is 0.396 e. The van der Waals surface area contributed by atoms with Crippen LogP contribution in [0.3, 0.4) is 0 Å². The highest BCUT2D eigenvalue weighted by molar-refractivity contribution is 5.23. The molecule has 0 heterocycles. The van der Waals surface area contributed by atoms with Gasteiger partial charge in [0.05, 0.1) is 0 Å². The van der Waals surface area contributed by atoms with Crippen molar-refractivity contribution in [2.24, 2.45) is 0 Å². The average molecular weight is 305 g/mol. The van der Waals surface area contributed by atoms with Gasteiger partial charge in [0.2, 0.25) is 0 Å². The Morgan fingerprint density at radius 2 is 1.73 bits per heavy atom. The molecular formula is C18H21F2NO.